The van der Waals surface area contributed by atoms with Crippen LogP contribution in [-0.2, 0) is 15.9 Å². The predicted molar refractivity (Wildman–Crippen MR) is 168 cm³/mol. The first kappa shape index (κ1) is 31.1. The standard InChI is InChI=1S/2C14H15P2.2ClH.Pd/c2*1-3-7-13(8-4-1)15-11-12-16-14-9-5-2-6-10-14;;;/h2*1-11,15-16H,12H2;2*1H;/q2*-1;;;+2/p-2. The molecular formula is C28H30Cl2P4Pd-2. The Morgan fingerprint density at radius 3 is 1.00 bits per heavy atom. The van der Waals surface area contributed by atoms with Gasteiger partial charge in [-0.2, -0.15) is 12.3 Å². The first-order valence-electron chi connectivity index (χ1n) is 11.0. The third-order valence-electron chi connectivity index (χ3n) is 4.45. The molecule has 0 aliphatic heterocycles. The first-order valence-corrected chi connectivity index (χ1v) is 19.6. The molecule has 4 atom stereocenters. The van der Waals surface area contributed by atoms with Gasteiger partial charge in [0.05, 0.1) is 0 Å². The molecule has 0 fully saturated rings. The molecule has 0 saturated carbocycles. The van der Waals surface area contributed by atoms with Gasteiger partial charge in [-0.25, -0.2) is 0 Å². The summed E-state index contributed by atoms with van der Waals surface area (Å²) in [7, 11) is 13.1. The zero-order valence-corrected chi connectivity index (χ0v) is 26.3. The van der Waals surface area contributed by atoms with Crippen LogP contribution in [0.25, 0.3) is 0 Å². The minimum absolute atomic E-state index is 0.106. The average molecular weight is 668 g/mol. The van der Waals surface area contributed by atoms with Gasteiger partial charge in [-0.1, -0.05) is 132 Å². The quantitative estimate of drug-likeness (QED) is 0.0705. The summed E-state index contributed by atoms with van der Waals surface area (Å²) >= 11 is -0.106. The summed E-state index contributed by atoms with van der Waals surface area (Å²) in [6.45, 7) is 0. The van der Waals surface area contributed by atoms with Gasteiger partial charge >= 0.3 is 35.0 Å². The van der Waals surface area contributed by atoms with Gasteiger partial charge in [-0.05, 0) is 10.6 Å². The van der Waals surface area contributed by atoms with Crippen molar-refractivity contribution in [1.82, 2.24) is 0 Å². The monoisotopic (exact) mass is 666 g/mol. The SMILES string of the molecule is [Cl][Pd][Cl].c1ccc(P[CH-]CPc2ccccc2)cc1.c1ccc(P[CH-]CPc2ccccc2)cc1. The molecule has 4 aromatic carbocycles. The fourth-order valence-corrected chi connectivity index (χ4v) is 7.06. The van der Waals surface area contributed by atoms with Gasteiger partial charge in [0.15, 0.2) is 0 Å². The Kier molecular flexibility index (Phi) is 19.4. The number of hydrogen-bond acceptors (Lipinski definition) is 0. The first-order chi connectivity index (χ1) is 17.3. The molecule has 0 nitrogen and oxygen atoms in total. The van der Waals surface area contributed by atoms with Crippen molar-refractivity contribution in [2.75, 3.05) is 12.3 Å². The maximum absolute atomic E-state index is 4.81. The second-order valence-corrected chi connectivity index (χ2v) is 14.6. The van der Waals surface area contributed by atoms with Crippen LogP contribution >= 0.6 is 53.4 Å². The van der Waals surface area contributed by atoms with Crippen LogP contribution in [0.1, 0.15) is 0 Å². The summed E-state index contributed by atoms with van der Waals surface area (Å²) in [5, 5.41) is 5.77. The summed E-state index contributed by atoms with van der Waals surface area (Å²) < 4.78 is 0. The molecule has 0 aliphatic rings. The Bertz CT molecular complexity index is 828. The molecule has 4 rings (SSSR count). The largest absolute Gasteiger partial charge is 0.297 e. The molecular weight excluding hydrogens is 638 g/mol. The van der Waals surface area contributed by atoms with E-state index in [-0.39, 0.29) is 15.9 Å². The minimum atomic E-state index is -0.106. The summed E-state index contributed by atoms with van der Waals surface area (Å²) in [6, 6.07) is 42.8. The van der Waals surface area contributed by atoms with Crippen LogP contribution in [0.4, 0.5) is 0 Å². The molecule has 0 amide bonds. The van der Waals surface area contributed by atoms with Crippen LogP contribution in [0.5, 0.6) is 0 Å². The molecule has 0 heterocycles. The van der Waals surface area contributed by atoms with E-state index in [0.717, 1.165) is 34.3 Å². The van der Waals surface area contributed by atoms with Crippen molar-refractivity contribution in [3.63, 3.8) is 0 Å². The van der Waals surface area contributed by atoms with E-state index in [1.165, 1.54) is 33.5 Å². The van der Waals surface area contributed by atoms with Crippen molar-refractivity contribution in [3.8, 4) is 0 Å². The Hall–Kier alpha value is -0.158. The van der Waals surface area contributed by atoms with E-state index in [2.05, 4.69) is 134 Å². The summed E-state index contributed by atoms with van der Waals surface area (Å²) in [4.78, 5) is 0. The van der Waals surface area contributed by atoms with E-state index < -0.39 is 0 Å². The van der Waals surface area contributed by atoms with Crippen molar-refractivity contribution in [2.45, 2.75) is 0 Å². The van der Waals surface area contributed by atoms with Crippen LogP contribution in [0.2, 0.25) is 0 Å². The molecule has 35 heavy (non-hydrogen) atoms. The van der Waals surface area contributed by atoms with Gasteiger partial charge < -0.3 is 0 Å². The molecule has 4 unspecified atom stereocenters. The Morgan fingerprint density at radius 1 is 0.457 bits per heavy atom. The molecule has 0 spiro atoms. The summed E-state index contributed by atoms with van der Waals surface area (Å²) in [5.41, 5.74) is 0. The topological polar surface area (TPSA) is 0 Å². The molecule has 7 heteroatoms. The van der Waals surface area contributed by atoms with Crippen LogP contribution < -0.4 is 21.2 Å². The molecule has 0 aromatic heterocycles. The maximum atomic E-state index is 4.81. The molecule has 188 valence electrons. The smallest absolute Gasteiger partial charge is 0.0296 e. The molecule has 0 radical (unpaired) electrons. The third kappa shape index (κ3) is 16.3. The minimum Gasteiger partial charge on any atom is -0.297 e. The fraction of sp³-hybridized carbons (Fsp3) is 0.0714. The van der Waals surface area contributed by atoms with E-state index >= 15 is 0 Å². The third-order valence-corrected chi connectivity index (χ3v) is 9.72. The fourth-order valence-electron chi connectivity index (χ4n) is 2.86. The van der Waals surface area contributed by atoms with E-state index in [1.807, 2.05) is 0 Å². The van der Waals surface area contributed by atoms with Crippen molar-refractivity contribution in [2.24, 2.45) is 0 Å². The van der Waals surface area contributed by atoms with Gasteiger partial charge in [0.1, 0.15) is 0 Å². The second kappa shape index (κ2) is 21.9. The zero-order valence-electron chi connectivity index (χ0n) is 19.2. The number of benzene rings is 4. The Labute approximate surface area is 235 Å². The van der Waals surface area contributed by atoms with E-state index in [1.54, 1.807) is 0 Å². The zero-order chi connectivity index (χ0) is 24.8. The Morgan fingerprint density at radius 2 is 0.714 bits per heavy atom. The predicted octanol–water partition coefficient (Wildman–Crippen LogP) is 7.69. The van der Waals surface area contributed by atoms with Crippen molar-refractivity contribution >= 4 is 74.6 Å². The van der Waals surface area contributed by atoms with Crippen molar-refractivity contribution < 1.29 is 15.9 Å². The van der Waals surface area contributed by atoms with Crippen molar-refractivity contribution in [1.29, 1.82) is 0 Å². The number of hydrogen-bond donors (Lipinski definition) is 0. The van der Waals surface area contributed by atoms with Gasteiger partial charge in [-0.3, -0.25) is 29.5 Å². The number of halogens is 2. The van der Waals surface area contributed by atoms with E-state index in [0.29, 0.717) is 0 Å². The van der Waals surface area contributed by atoms with Crippen LogP contribution in [0.3, 0.4) is 0 Å². The van der Waals surface area contributed by atoms with Crippen LogP contribution in [-0.4, -0.2) is 12.3 Å². The second-order valence-electron chi connectivity index (χ2n) is 6.97. The van der Waals surface area contributed by atoms with E-state index in [4.69, 9.17) is 19.1 Å². The molecule has 4 aromatic rings. The summed E-state index contributed by atoms with van der Waals surface area (Å²) in [5.74, 6) is 0. The van der Waals surface area contributed by atoms with Gasteiger partial charge in [0.25, 0.3) is 0 Å². The van der Waals surface area contributed by atoms with Crippen LogP contribution in [0, 0.1) is 12.3 Å². The molecule has 0 N–H and O–H groups in total. The maximum Gasteiger partial charge on any atom is -0.0296 e. The normalized spacial score (nSPS) is 11.4. The summed E-state index contributed by atoms with van der Waals surface area (Å²) in [6.07, 6.45) is 7.19. The van der Waals surface area contributed by atoms with Crippen LogP contribution in [0.15, 0.2) is 121 Å². The number of rotatable bonds is 10. The van der Waals surface area contributed by atoms with E-state index in [9.17, 15) is 0 Å². The Balaban J connectivity index is 0.000000222. The van der Waals surface area contributed by atoms with Gasteiger partial charge in [0, 0.05) is 0 Å². The van der Waals surface area contributed by atoms with Gasteiger partial charge in [0.2, 0.25) is 0 Å². The van der Waals surface area contributed by atoms with Crippen molar-refractivity contribution in [3.05, 3.63) is 134 Å². The average Bonchev–Trinajstić information content (AvgIpc) is 2.92. The van der Waals surface area contributed by atoms with Gasteiger partial charge in [-0.15, -0.1) is 17.2 Å². The molecule has 0 saturated heterocycles. The molecule has 0 bridgehead atoms. The molecule has 0 aliphatic carbocycles.